The molecule has 216 valence electrons. The quantitative estimate of drug-likeness (QED) is 0.208. The summed E-state index contributed by atoms with van der Waals surface area (Å²) in [5, 5.41) is 1.03. The van der Waals surface area contributed by atoms with Gasteiger partial charge in [-0.2, -0.15) is 0 Å². The smallest absolute Gasteiger partial charge is 0.435 e. The second-order valence-electron chi connectivity index (χ2n) is 12.6. The summed E-state index contributed by atoms with van der Waals surface area (Å²) in [6.45, 7) is 18.5. The third kappa shape index (κ3) is 6.89. The van der Waals surface area contributed by atoms with E-state index >= 15 is 0 Å². The molecule has 0 radical (unpaired) electrons. The fourth-order valence-corrected chi connectivity index (χ4v) is 6.71. The maximum Gasteiger partial charge on any atom is 0.508 e. The molecule has 0 saturated carbocycles. The van der Waals surface area contributed by atoms with Gasteiger partial charge < -0.3 is 18.3 Å². The molecular weight excluding hydrogens is 534 g/mol. The molecule has 1 aliphatic carbocycles. The zero-order chi connectivity index (χ0) is 29.2. The standard InChI is InChI=1S/C28H43NO8Si2/c1-10-33-26(32)34-19-21-16-22(30)28(17-23(31)29(28)35-18-20-14-12-11-13-15-20)25(37-38(5,6)7)24(21)36-39(8,9)27(2,3)4/h11-16,24-25H,10,17-19H2,1-9H3/t24-,25-,28-/m1/s1. The van der Waals surface area contributed by atoms with Crippen molar-refractivity contribution in [3.63, 3.8) is 0 Å². The van der Waals surface area contributed by atoms with Crippen molar-refractivity contribution in [1.82, 2.24) is 5.06 Å². The van der Waals surface area contributed by atoms with E-state index in [0.717, 1.165) is 5.56 Å². The van der Waals surface area contributed by atoms with Crippen LogP contribution in [0.1, 0.15) is 39.7 Å². The van der Waals surface area contributed by atoms with Gasteiger partial charge in [-0.15, -0.1) is 0 Å². The van der Waals surface area contributed by atoms with Crippen LogP contribution in [0.4, 0.5) is 4.79 Å². The van der Waals surface area contributed by atoms with E-state index in [-0.39, 0.29) is 43.0 Å². The molecule has 1 aromatic carbocycles. The predicted octanol–water partition coefficient (Wildman–Crippen LogP) is 5.38. The van der Waals surface area contributed by atoms with Gasteiger partial charge in [0, 0.05) is 5.57 Å². The van der Waals surface area contributed by atoms with Crippen LogP contribution in [-0.2, 0) is 39.4 Å². The fraction of sp³-hybridized carbons (Fsp3) is 0.607. The first-order valence-electron chi connectivity index (χ1n) is 13.4. The molecule has 1 saturated heterocycles. The molecule has 2 aliphatic rings. The van der Waals surface area contributed by atoms with Crippen LogP contribution < -0.4 is 0 Å². The zero-order valence-corrected chi connectivity index (χ0v) is 26.7. The molecular formula is C28H43NO8Si2. The molecule has 9 nitrogen and oxygen atoms in total. The van der Waals surface area contributed by atoms with Crippen LogP contribution in [0.3, 0.4) is 0 Å². The summed E-state index contributed by atoms with van der Waals surface area (Å²) in [4.78, 5) is 45.0. The number of benzene rings is 1. The van der Waals surface area contributed by atoms with Crippen LogP contribution in [0.25, 0.3) is 0 Å². The van der Waals surface area contributed by atoms with Crippen molar-refractivity contribution in [3.05, 3.63) is 47.5 Å². The van der Waals surface area contributed by atoms with Gasteiger partial charge in [0.1, 0.15) is 19.3 Å². The van der Waals surface area contributed by atoms with Crippen LogP contribution in [0.15, 0.2) is 42.0 Å². The number of ketones is 1. The van der Waals surface area contributed by atoms with Gasteiger partial charge >= 0.3 is 6.16 Å². The molecule has 1 spiro atoms. The van der Waals surface area contributed by atoms with Crippen molar-refractivity contribution >= 4 is 34.5 Å². The second kappa shape index (κ2) is 11.7. The lowest BCUT2D eigenvalue weighted by atomic mass is 9.70. The Balaban J connectivity index is 2.07. The minimum atomic E-state index is -2.44. The normalized spacial score (nSPS) is 23.9. The van der Waals surface area contributed by atoms with E-state index < -0.39 is 40.5 Å². The Hall–Kier alpha value is -2.32. The highest BCUT2D eigenvalue weighted by Crippen LogP contribution is 2.48. The Morgan fingerprint density at radius 1 is 1.00 bits per heavy atom. The van der Waals surface area contributed by atoms with E-state index in [2.05, 4.69) is 33.9 Å². The summed E-state index contributed by atoms with van der Waals surface area (Å²) in [5.41, 5.74) is -0.0346. The molecule has 0 bridgehead atoms. The summed E-state index contributed by atoms with van der Waals surface area (Å²) in [5.74, 6) is -0.634. The Bertz CT molecular complexity index is 1090. The van der Waals surface area contributed by atoms with Crippen LogP contribution >= 0.6 is 0 Å². The van der Waals surface area contributed by atoms with Crippen molar-refractivity contribution in [3.8, 4) is 0 Å². The van der Waals surface area contributed by atoms with Crippen molar-refractivity contribution < 1.29 is 37.5 Å². The maximum atomic E-state index is 13.9. The summed E-state index contributed by atoms with van der Waals surface area (Å²) in [7, 11) is -4.74. The molecule has 3 rings (SSSR count). The second-order valence-corrected chi connectivity index (χ2v) is 21.8. The number of hydrogen-bond acceptors (Lipinski definition) is 8. The van der Waals surface area contributed by atoms with Gasteiger partial charge in [-0.05, 0) is 56.3 Å². The van der Waals surface area contributed by atoms with Gasteiger partial charge in [-0.25, -0.2) is 9.86 Å². The number of carbonyl (C=O) groups is 3. The van der Waals surface area contributed by atoms with E-state index in [0.29, 0.717) is 5.57 Å². The first kappa shape index (κ1) is 31.2. The van der Waals surface area contributed by atoms with Gasteiger partial charge in [0.15, 0.2) is 28.0 Å². The number of carbonyl (C=O) groups excluding carboxylic acids is 3. The first-order chi connectivity index (χ1) is 18.0. The molecule has 39 heavy (non-hydrogen) atoms. The molecule has 0 unspecified atom stereocenters. The molecule has 3 atom stereocenters. The third-order valence-corrected chi connectivity index (χ3v) is 12.8. The fourth-order valence-electron chi connectivity index (χ4n) is 4.37. The first-order valence-corrected chi connectivity index (χ1v) is 19.7. The maximum absolute atomic E-state index is 13.9. The summed E-state index contributed by atoms with van der Waals surface area (Å²) in [6, 6.07) is 9.46. The van der Waals surface area contributed by atoms with Gasteiger partial charge in [-0.3, -0.25) is 14.4 Å². The molecule has 0 aromatic heterocycles. The molecule has 1 aliphatic heterocycles. The lowest BCUT2D eigenvalue weighted by Crippen LogP contribution is -2.78. The lowest BCUT2D eigenvalue weighted by molar-refractivity contribution is -0.276. The number of β-lactam (4-membered cyclic amide) rings is 1. The van der Waals surface area contributed by atoms with Crippen LogP contribution in [0.5, 0.6) is 0 Å². The number of nitrogens with zero attached hydrogens (tertiary/aromatic N) is 1. The average Bonchev–Trinajstić information content (AvgIpc) is 2.81. The third-order valence-electron chi connectivity index (χ3n) is 7.39. The number of rotatable bonds is 10. The summed E-state index contributed by atoms with van der Waals surface area (Å²) < 4.78 is 23.9. The monoisotopic (exact) mass is 577 g/mol. The number of amides is 1. The average molecular weight is 578 g/mol. The minimum absolute atomic E-state index is 0.0599. The summed E-state index contributed by atoms with van der Waals surface area (Å²) >= 11 is 0. The molecule has 11 heteroatoms. The largest absolute Gasteiger partial charge is 0.508 e. The van der Waals surface area contributed by atoms with E-state index in [1.807, 2.05) is 50.0 Å². The molecule has 1 heterocycles. The van der Waals surface area contributed by atoms with Gasteiger partial charge in [0.05, 0.1) is 19.1 Å². The molecule has 1 aromatic rings. The van der Waals surface area contributed by atoms with Crippen LogP contribution in [0.2, 0.25) is 37.8 Å². The number of ether oxygens (including phenoxy) is 2. The van der Waals surface area contributed by atoms with Crippen LogP contribution in [-0.4, -0.2) is 70.5 Å². The Morgan fingerprint density at radius 3 is 2.18 bits per heavy atom. The van der Waals surface area contributed by atoms with Crippen molar-refractivity contribution in [2.24, 2.45) is 0 Å². The van der Waals surface area contributed by atoms with E-state index in [4.69, 9.17) is 23.2 Å². The molecule has 0 N–H and O–H groups in total. The van der Waals surface area contributed by atoms with Crippen molar-refractivity contribution in [1.29, 1.82) is 0 Å². The van der Waals surface area contributed by atoms with E-state index in [9.17, 15) is 14.4 Å². The Kier molecular flexibility index (Phi) is 9.33. The highest BCUT2D eigenvalue weighted by molar-refractivity contribution is 6.74. The lowest BCUT2D eigenvalue weighted by Gasteiger charge is -2.57. The SMILES string of the molecule is CCOC(=O)OCC1=CC(=O)[C@]2(CC(=O)N2OCc2ccccc2)[C@H](O[Si](C)(C)C)[C@@H]1O[Si](C)(C)C(C)(C)C. The minimum Gasteiger partial charge on any atom is -0.435 e. The van der Waals surface area contributed by atoms with E-state index in [1.54, 1.807) is 6.92 Å². The number of hydroxylamine groups is 2. The van der Waals surface area contributed by atoms with Gasteiger partial charge in [0.25, 0.3) is 0 Å². The Morgan fingerprint density at radius 2 is 1.64 bits per heavy atom. The zero-order valence-electron chi connectivity index (χ0n) is 24.7. The van der Waals surface area contributed by atoms with Gasteiger partial charge in [-0.1, -0.05) is 51.1 Å². The number of hydrogen-bond donors (Lipinski definition) is 0. The highest BCUT2D eigenvalue weighted by atomic mass is 28.4. The predicted molar refractivity (Wildman–Crippen MR) is 152 cm³/mol. The molecule has 1 fully saturated rings. The van der Waals surface area contributed by atoms with Gasteiger partial charge in [0.2, 0.25) is 5.91 Å². The Labute approximate surface area is 234 Å². The molecule has 1 amide bonds. The summed E-state index contributed by atoms with van der Waals surface area (Å²) in [6.07, 6.45) is -1.03. The highest BCUT2D eigenvalue weighted by Gasteiger charge is 2.67. The van der Waals surface area contributed by atoms with Crippen LogP contribution in [0, 0.1) is 0 Å². The topological polar surface area (TPSA) is 101 Å². The van der Waals surface area contributed by atoms with E-state index in [1.165, 1.54) is 11.1 Å². The van der Waals surface area contributed by atoms with Crippen molar-refractivity contribution in [2.45, 2.75) is 96.2 Å². The van der Waals surface area contributed by atoms with Crippen molar-refractivity contribution in [2.75, 3.05) is 13.2 Å².